The zero-order chi connectivity index (χ0) is 27.8. The molecule has 200 valence electrons. The van der Waals surface area contributed by atoms with Crippen molar-refractivity contribution in [3.05, 3.63) is 70.2 Å². The van der Waals surface area contributed by atoms with E-state index in [4.69, 9.17) is 5.11 Å². The first-order chi connectivity index (χ1) is 18.0. The third kappa shape index (κ3) is 7.38. The standard InChI is InChI=1S/C26H31N7O5/c1-16(2)12-17-13-27-14-20-23(17)31-21(28-20)15-33-11-7-9-19(25(33)36)29-24(35)18(30-26(37)38)8-5-6-10-22(34)32(3)4/h6-7,9-14,18,30H,5,8,15H2,1-4H3,(H,28,31)(H,29,35)(H,37,38). The highest BCUT2D eigenvalue weighted by Gasteiger charge is 2.21. The number of aromatic nitrogens is 4. The number of hydrogen-bond acceptors (Lipinski definition) is 6. The van der Waals surface area contributed by atoms with Crippen LogP contribution in [0.5, 0.6) is 0 Å². The van der Waals surface area contributed by atoms with Crippen molar-refractivity contribution in [1.29, 1.82) is 0 Å². The Hall–Kier alpha value is -4.74. The number of carbonyl (C=O) groups is 3. The summed E-state index contributed by atoms with van der Waals surface area (Å²) in [5.41, 5.74) is 2.94. The minimum atomic E-state index is -1.38. The van der Waals surface area contributed by atoms with Gasteiger partial charge in [0.2, 0.25) is 11.8 Å². The van der Waals surface area contributed by atoms with E-state index in [2.05, 4.69) is 25.6 Å². The van der Waals surface area contributed by atoms with E-state index < -0.39 is 23.6 Å². The number of hydrogen-bond donors (Lipinski definition) is 4. The van der Waals surface area contributed by atoms with Crippen LogP contribution in [0, 0.1) is 0 Å². The largest absolute Gasteiger partial charge is 0.465 e. The van der Waals surface area contributed by atoms with Crippen molar-refractivity contribution in [2.24, 2.45) is 0 Å². The molecule has 0 saturated heterocycles. The summed E-state index contributed by atoms with van der Waals surface area (Å²) in [4.78, 5) is 62.2. The number of amides is 3. The molecular formula is C26H31N7O5. The number of nitrogens with zero attached hydrogens (tertiary/aromatic N) is 4. The van der Waals surface area contributed by atoms with Crippen LogP contribution in [0.3, 0.4) is 0 Å². The van der Waals surface area contributed by atoms with Crippen LogP contribution in [-0.4, -0.2) is 67.6 Å². The fraction of sp³-hybridized carbons (Fsp3) is 0.308. The molecule has 38 heavy (non-hydrogen) atoms. The van der Waals surface area contributed by atoms with E-state index in [0.717, 1.165) is 22.2 Å². The van der Waals surface area contributed by atoms with Crippen LogP contribution in [0.15, 0.2) is 53.2 Å². The second-order valence-corrected chi connectivity index (χ2v) is 9.09. The molecule has 0 aromatic carbocycles. The van der Waals surface area contributed by atoms with E-state index in [1.807, 2.05) is 19.9 Å². The molecule has 0 spiro atoms. The lowest BCUT2D eigenvalue weighted by Gasteiger charge is -2.16. The maximum atomic E-state index is 13.1. The minimum Gasteiger partial charge on any atom is -0.465 e. The van der Waals surface area contributed by atoms with Gasteiger partial charge in [-0.05, 0) is 44.9 Å². The van der Waals surface area contributed by atoms with Gasteiger partial charge < -0.3 is 30.2 Å². The number of aromatic amines is 1. The summed E-state index contributed by atoms with van der Waals surface area (Å²) in [5, 5.41) is 13.8. The molecule has 3 heterocycles. The summed E-state index contributed by atoms with van der Waals surface area (Å²) < 4.78 is 1.39. The summed E-state index contributed by atoms with van der Waals surface area (Å²) >= 11 is 0. The highest BCUT2D eigenvalue weighted by Crippen LogP contribution is 2.18. The topological polar surface area (TPSA) is 162 Å². The van der Waals surface area contributed by atoms with E-state index in [9.17, 15) is 19.2 Å². The Labute approximate surface area is 219 Å². The van der Waals surface area contributed by atoms with Crippen molar-refractivity contribution in [3.63, 3.8) is 0 Å². The average molecular weight is 522 g/mol. The monoisotopic (exact) mass is 521 g/mol. The Kier molecular flexibility index (Phi) is 9.14. The van der Waals surface area contributed by atoms with Gasteiger partial charge in [0.15, 0.2) is 0 Å². The normalized spacial score (nSPS) is 11.8. The first kappa shape index (κ1) is 27.8. The fourth-order valence-electron chi connectivity index (χ4n) is 3.65. The summed E-state index contributed by atoms with van der Waals surface area (Å²) in [6.07, 6.45) is 8.82. The molecule has 0 aliphatic rings. The molecule has 0 saturated carbocycles. The van der Waals surface area contributed by atoms with Gasteiger partial charge >= 0.3 is 6.09 Å². The first-order valence-corrected chi connectivity index (χ1v) is 11.9. The summed E-state index contributed by atoms with van der Waals surface area (Å²) in [7, 11) is 3.21. The van der Waals surface area contributed by atoms with Crippen LogP contribution in [0.25, 0.3) is 17.1 Å². The van der Waals surface area contributed by atoms with Gasteiger partial charge in [-0.15, -0.1) is 0 Å². The SMILES string of the molecule is CC(C)=Cc1cncc2[nH]c(Cn3cccc(NC(=O)C(CCC=CC(=O)N(C)C)NC(=O)O)c3=O)nc12. The zero-order valence-electron chi connectivity index (χ0n) is 21.7. The van der Waals surface area contributed by atoms with Gasteiger partial charge in [-0.1, -0.05) is 17.7 Å². The molecule has 1 unspecified atom stereocenters. The predicted molar refractivity (Wildman–Crippen MR) is 144 cm³/mol. The van der Waals surface area contributed by atoms with Crippen LogP contribution in [0.1, 0.15) is 38.1 Å². The Bertz CT molecular complexity index is 1450. The number of carboxylic acid groups (broad SMARTS) is 1. The molecule has 3 aromatic heterocycles. The van der Waals surface area contributed by atoms with Gasteiger partial charge in [-0.3, -0.25) is 19.4 Å². The summed E-state index contributed by atoms with van der Waals surface area (Å²) in [6.45, 7) is 4.07. The summed E-state index contributed by atoms with van der Waals surface area (Å²) in [5.74, 6) is -0.377. The number of imidazole rings is 1. The van der Waals surface area contributed by atoms with Gasteiger partial charge in [-0.25, -0.2) is 9.78 Å². The van der Waals surface area contributed by atoms with Gasteiger partial charge in [0, 0.05) is 32.1 Å². The smallest absolute Gasteiger partial charge is 0.405 e. The Morgan fingerprint density at radius 2 is 2.00 bits per heavy atom. The maximum Gasteiger partial charge on any atom is 0.405 e. The Morgan fingerprint density at radius 3 is 2.68 bits per heavy atom. The number of H-pyrrole nitrogens is 1. The van der Waals surface area contributed by atoms with Crippen LogP contribution < -0.4 is 16.2 Å². The van der Waals surface area contributed by atoms with Crippen molar-refractivity contribution >= 4 is 40.7 Å². The third-order valence-electron chi connectivity index (χ3n) is 5.45. The lowest BCUT2D eigenvalue weighted by molar-refractivity contribution is -0.123. The zero-order valence-corrected chi connectivity index (χ0v) is 21.7. The van der Waals surface area contributed by atoms with Crippen molar-refractivity contribution < 1.29 is 19.5 Å². The molecule has 0 aliphatic carbocycles. The molecule has 4 N–H and O–H groups in total. The number of nitrogens with one attached hydrogen (secondary N) is 3. The van der Waals surface area contributed by atoms with Crippen LogP contribution >= 0.6 is 0 Å². The molecule has 0 radical (unpaired) electrons. The van der Waals surface area contributed by atoms with Crippen molar-refractivity contribution in [1.82, 2.24) is 29.7 Å². The molecule has 12 nitrogen and oxygen atoms in total. The lowest BCUT2D eigenvalue weighted by Crippen LogP contribution is -2.44. The first-order valence-electron chi connectivity index (χ1n) is 11.9. The van der Waals surface area contributed by atoms with Crippen molar-refractivity contribution in [3.8, 4) is 0 Å². The molecule has 0 aliphatic heterocycles. The fourth-order valence-corrected chi connectivity index (χ4v) is 3.65. The van der Waals surface area contributed by atoms with E-state index in [0.29, 0.717) is 5.82 Å². The van der Waals surface area contributed by atoms with Gasteiger partial charge in [0.1, 0.15) is 17.6 Å². The molecule has 3 rings (SSSR count). The molecular weight excluding hydrogens is 490 g/mol. The van der Waals surface area contributed by atoms with Crippen LogP contribution in [-0.2, 0) is 16.1 Å². The van der Waals surface area contributed by atoms with Gasteiger partial charge in [-0.2, -0.15) is 0 Å². The van der Waals surface area contributed by atoms with Crippen molar-refractivity contribution in [2.75, 3.05) is 19.4 Å². The number of rotatable bonds is 10. The minimum absolute atomic E-state index is 0.00368. The Morgan fingerprint density at radius 1 is 1.24 bits per heavy atom. The number of likely N-dealkylation sites (N-methyl/N-ethyl adjacent to an activating group) is 1. The predicted octanol–water partition coefficient (Wildman–Crippen LogP) is 2.59. The molecule has 0 fully saturated rings. The second-order valence-electron chi connectivity index (χ2n) is 9.09. The summed E-state index contributed by atoms with van der Waals surface area (Å²) in [6, 6.07) is 1.92. The van der Waals surface area contributed by atoms with E-state index in [-0.39, 0.29) is 31.0 Å². The highest BCUT2D eigenvalue weighted by atomic mass is 16.4. The van der Waals surface area contributed by atoms with E-state index in [1.165, 1.54) is 21.6 Å². The molecule has 3 amide bonds. The Balaban J connectivity index is 1.76. The quantitative estimate of drug-likeness (QED) is 0.298. The second kappa shape index (κ2) is 12.5. The van der Waals surface area contributed by atoms with Gasteiger partial charge in [0.05, 0.1) is 23.8 Å². The van der Waals surface area contributed by atoms with Gasteiger partial charge in [0.25, 0.3) is 5.56 Å². The van der Waals surface area contributed by atoms with Crippen LogP contribution in [0.4, 0.5) is 10.5 Å². The van der Waals surface area contributed by atoms with E-state index >= 15 is 0 Å². The molecule has 3 aromatic rings. The van der Waals surface area contributed by atoms with Crippen LogP contribution in [0.2, 0.25) is 0 Å². The number of fused-ring (bicyclic) bond motifs is 1. The number of carbonyl (C=O) groups excluding carboxylic acids is 2. The van der Waals surface area contributed by atoms with E-state index in [1.54, 1.807) is 44.8 Å². The number of pyridine rings is 2. The average Bonchev–Trinajstić information content (AvgIpc) is 3.26. The molecule has 0 bridgehead atoms. The van der Waals surface area contributed by atoms with Crippen molar-refractivity contribution in [2.45, 2.75) is 39.3 Å². The molecule has 12 heteroatoms. The molecule has 1 atom stereocenters. The lowest BCUT2D eigenvalue weighted by atomic mass is 10.1. The third-order valence-corrected chi connectivity index (χ3v) is 5.45. The highest BCUT2D eigenvalue weighted by molar-refractivity contribution is 5.96. The maximum absolute atomic E-state index is 13.1. The number of anilines is 1. The number of allylic oxidation sites excluding steroid dienone is 2.